The smallest absolute Gasteiger partial charge is 0.416 e. The van der Waals surface area contributed by atoms with E-state index in [0.29, 0.717) is 28.1 Å². The highest BCUT2D eigenvalue weighted by Crippen LogP contribution is 2.38. The van der Waals surface area contributed by atoms with Gasteiger partial charge < -0.3 is 9.47 Å². The number of imidazole rings is 1. The van der Waals surface area contributed by atoms with Crippen LogP contribution in [-0.2, 0) is 9.59 Å². The van der Waals surface area contributed by atoms with Crippen LogP contribution in [0.25, 0.3) is 34.2 Å². The number of hydrogen-bond donors (Lipinski definition) is 0. The van der Waals surface area contributed by atoms with Gasteiger partial charge in [0.1, 0.15) is 5.52 Å². The van der Waals surface area contributed by atoms with Crippen molar-refractivity contribution in [1.29, 1.82) is 0 Å². The summed E-state index contributed by atoms with van der Waals surface area (Å²) >= 11 is 0. The summed E-state index contributed by atoms with van der Waals surface area (Å²) in [6.07, 6.45) is 4.95. The third kappa shape index (κ3) is 2.58. The van der Waals surface area contributed by atoms with E-state index < -0.39 is 11.9 Å². The first-order chi connectivity index (χ1) is 14.2. The Labute approximate surface area is 164 Å². The van der Waals surface area contributed by atoms with Gasteiger partial charge in [0, 0.05) is 18.0 Å². The molecule has 0 radical (unpaired) electrons. The van der Waals surface area contributed by atoms with Crippen LogP contribution in [-0.4, -0.2) is 31.5 Å². The van der Waals surface area contributed by atoms with E-state index in [4.69, 9.17) is 9.47 Å². The SMILES string of the molecule is C=Cc1cccc(-c2ncccn2)c1-n1c2nc3c(cccc31)OC(=O)C(=O)O2. The number of aromatic nitrogens is 4. The van der Waals surface area contributed by atoms with Crippen molar-refractivity contribution in [3.63, 3.8) is 0 Å². The molecule has 0 saturated carbocycles. The van der Waals surface area contributed by atoms with E-state index in [0.717, 1.165) is 5.56 Å². The van der Waals surface area contributed by atoms with Crippen LogP contribution in [0.2, 0.25) is 0 Å². The molecular weight excluding hydrogens is 372 g/mol. The number of fused-ring (bicyclic) bond motifs is 1. The van der Waals surface area contributed by atoms with Crippen molar-refractivity contribution in [2.75, 3.05) is 0 Å². The van der Waals surface area contributed by atoms with Gasteiger partial charge in [0.25, 0.3) is 0 Å². The molecule has 0 spiro atoms. The molecular formula is C21H12N4O4. The fourth-order valence-corrected chi connectivity index (χ4v) is 3.28. The Kier molecular flexibility index (Phi) is 3.70. The van der Waals surface area contributed by atoms with E-state index in [1.54, 1.807) is 47.3 Å². The largest absolute Gasteiger partial charge is 0.425 e. The lowest BCUT2D eigenvalue weighted by molar-refractivity contribution is -0.156. The van der Waals surface area contributed by atoms with Gasteiger partial charge in [-0.1, -0.05) is 30.9 Å². The Bertz CT molecular complexity index is 1310. The summed E-state index contributed by atoms with van der Waals surface area (Å²) in [6, 6.07) is 12.3. The summed E-state index contributed by atoms with van der Waals surface area (Å²) < 4.78 is 12.0. The Morgan fingerprint density at radius 1 is 0.931 bits per heavy atom. The van der Waals surface area contributed by atoms with E-state index in [1.807, 2.05) is 18.2 Å². The summed E-state index contributed by atoms with van der Waals surface area (Å²) in [5.74, 6) is -1.61. The summed E-state index contributed by atoms with van der Waals surface area (Å²) in [7, 11) is 0. The van der Waals surface area contributed by atoms with Crippen molar-refractivity contribution in [2.24, 2.45) is 0 Å². The highest BCUT2D eigenvalue weighted by Gasteiger charge is 2.30. The molecule has 8 heteroatoms. The number of esters is 2. The topological polar surface area (TPSA) is 96.2 Å². The lowest BCUT2D eigenvalue weighted by Crippen LogP contribution is -2.27. The van der Waals surface area contributed by atoms with Crippen molar-refractivity contribution in [2.45, 2.75) is 0 Å². The molecule has 1 aliphatic heterocycles. The third-order valence-electron chi connectivity index (χ3n) is 4.49. The Hall–Kier alpha value is -4.33. The maximum absolute atomic E-state index is 12.1. The molecule has 29 heavy (non-hydrogen) atoms. The number of hydrogen-bond acceptors (Lipinski definition) is 7. The zero-order chi connectivity index (χ0) is 20.0. The quantitative estimate of drug-likeness (QED) is 0.304. The zero-order valence-corrected chi connectivity index (χ0v) is 14.9. The fraction of sp³-hybridized carbons (Fsp3) is 0. The standard InChI is InChI=1S/C21H12N4O4/c1-2-12-6-3-7-13(18-22-10-5-11-23-18)17(12)25-14-8-4-9-15-16(14)24-21(25)29-20(27)19(26)28-15/h2-11H,1H2. The molecule has 0 saturated heterocycles. The van der Waals surface area contributed by atoms with Crippen molar-refractivity contribution >= 4 is 29.0 Å². The number of carbonyl (C=O) groups is 2. The molecule has 2 aromatic heterocycles. The molecule has 5 rings (SSSR count). The molecule has 2 aromatic carbocycles. The Morgan fingerprint density at radius 2 is 1.69 bits per heavy atom. The lowest BCUT2D eigenvalue weighted by atomic mass is 10.1. The number of carbonyl (C=O) groups excluding carboxylic acids is 2. The Balaban J connectivity index is 1.89. The van der Waals surface area contributed by atoms with E-state index >= 15 is 0 Å². The minimum atomic E-state index is -1.16. The Morgan fingerprint density at radius 3 is 2.48 bits per heavy atom. The number of para-hydroxylation sites is 2. The number of nitrogens with zero attached hydrogens (tertiary/aromatic N) is 4. The number of rotatable bonds is 3. The van der Waals surface area contributed by atoms with Gasteiger partial charge in [-0.3, -0.25) is 4.57 Å². The molecule has 140 valence electrons. The molecule has 0 amide bonds. The van der Waals surface area contributed by atoms with Gasteiger partial charge in [0.05, 0.1) is 11.2 Å². The number of ether oxygens (including phenoxy) is 2. The van der Waals surface area contributed by atoms with E-state index in [1.165, 1.54) is 0 Å². The fourth-order valence-electron chi connectivity index (χ4n) is 3.28. The highest BCUT2D eigenvalue weighted by molar-refractivity contribution is 6.31. The first kappa shape index (κ1) is 16.8. The van der Waals surface area contributed by atoms with Crippen LogP contribution in [0.15, 0.2) is 61.4 Å². The van der Waals surface area contributed by atoms with Crippen LogP contribution in [0.4, 0.5) is 0 Å². The molecule has 0 unspecified atom stereocenters. The molecule has 4 aromatic rings. The second-order valence-electron chi connectivity index (χ2n) is 6.15. The van der Waals surface area contributed by atoms with Crippen LogP contribution in [0.1, 0.15) is 5.56 Å². The summed E-state index contributed by atoms with van der Waals surface area (Å²) in [5, 5.41) is 0. The van der Waals surface area contributed by atoms with Crippen molar-refractivity contribution in [3.8, 4) is 28.8 Å². The molecule has 0 N–H and O–H groups in total. The third-order valence-corrected chi connectivity index (χ3v) is 4.49. The van der Waals surface area contributed by atoms with Gasteiger partial charge >= 0.3 is 17.9 Å². The van der Waals surface area contributed by atoms with Crippen LogP contribution in [0.5, 0.6) is 11.8 Å². The number of benzene rings is 2. The van der Waals surface area contributed by atoms with Crippen LogP contribution >= 0.6 is 0 Å². The zero-order valence-electron chi connectivity index (χ0n) is 14.9. The predicted octanol–water partition coefficient (Wildman–Crippen LogP) is 2.95. The molecule has 0 atom stereocenters. The predicted molar refractivity (Wildman–Crippen MR) is 103 cm³/mol. The monoisotopic (exact) mass is 384 g/mol. The first-order valence-electron chi connectivity index (χ1n) is 8.66. The van der Waals surface area contributed by atoms with E-state index in [-0.39, 0.29) is 11.8 Å². The summed E-state index contributed by atoms with van der Waals surface area (Å²) in [6.45, 7) is 3.89. The molecule has 0 aliphatic carbocycles. The molecule has 0 fully saturated rings. The van der Waals surface area contributed by atoms with Gasteiger partial charge in [-0.2, -0.15) is 4.98 Å². The van der Waals surface area contributed by atoms with Gasteiger partial charge in [-0.25, -0.2) is 19.6 Å². The van der Waals surface area contributed by atoms with Crippen molar-refractivity contribution in [3.05, 3.63) is 67.0 Å². The summed E-state index contributed by atoms with van der Waals surface area (Å²) in [5.41, 5.74) is 3.01. The maximum Gasteiger partial charge on any atom is 0.425 e. The van der Waals surface area contributed by atoms with Crippen molar-refractivity contribution < 1.29 is 19.1 Å². The van der Waals surface area contributed by atoms with Crippen LogP contribution in [0.3, 0.4) is 0 Å². The highest BCUT2D eigenvalue weighted by atomic mass is 16.6. The minimum Gasteiger partial charge on any atom is -0.416 e. The minimum absolute atomic E-state index is 0.0550. The van der Waals surface area contributed by atoms with Crippen LogP contribution in [0, 0.1) is 0 Å². The van der Waals surface area contributed by atoms with Gasteiger partial charge in [0.15, 0.2) is 11.6 Å². The van der Waals surface area contributed by atoms with E-state index in [2.05, 4.69) is 21.5 Å². The normalized spacial score (nSPS) is 13.0. The second-order valence-corrected chi connectivity index (χ2v) is 6.15. The van der Waals surface area contributed by atoms with Crippen molar-refractivity contribution in [1.82, 2.24) is 19.5 Å². The average molecular weight is 384 g/mol. The lowest BCUT2D eigenvalue weighted by Gasteiger charge is -2.15. The molecule has 8 nitrogen and oxygen atoms in total. The summed E-state index contributed by atoms with van der Waals surface area (Å²) in [4.78, 5) is 37.1. The van der Waals surface area contributed by atoms with Gasteiger partial charge in [-0.15, -0.1) is 0 Å². The molecule has 2 bridgehead atoms. The molecule has 1 aliphatic rings. The van der Waals surface area contributed by atoms with Gasteiger partial charge in [-0.05, 0) is 29.8 Å². The second kappa shape index (κ2) is 6.38. The maximum atomic E-state index is 12.1. The van der Waals surface area contributed by atoms with Crippen LogP contribution < -0.4 is 9.47 Å². The molecule has 3 heterocycles. The first-order valence-corrected chi connectivity index (χ1v) is 8.66. The average Bonchev–Trinajstić information content (AvgIpc) is 3.11. The van der Waals surface area contributed by atoms with E-state index in [9.17, 15) is 9.59 Å². The van der Waals surface area contributed by atoms with Gasteiger partial charge in [0.2, 0.25) is 0 Å².